The molecule has 100 valence electrons. The average Bonchev–Trinajstić information content (AvgIpc) is 2.27. The molecular weight excluding hydrogens is 236 g/mol. The van der Waals surface area contributed by atoms with E-state index >= 15 is 0 Å². The normalized spacial score (nSPS) is 11.3. The summed E-state index contributed by atoms with van der Waals surface area (Å²) in [5.41, 5.74) is 0.373. The van der Waals surface area contributed by atoms with E-state index < -0.39 is 14.8 Å². The molecule has 0 bridgehead atoms. The molecule has 0 aromatic rings. The van der Waals surface area contributed by atoms with Crippen molar-refractivity contribution >= 4 is 14.8 Å². The van der Waals surface area contributed by atoms with E-state index in [1.54, 1.807) is 6.92 Å². The fourth-order valence-electron chi connectivity index (χ4n) is 1.36. The second-order valence-electron chi connectivity index (χ2n) is 3.82. The average molecular weight is 260 g/mol. The van der Waals surface area contributed by atoms with Gasteiger partial charge in [0.2, 0.25) is 0 Å². The van der Waals surface area contributed by atoms with Gasteiger partial charge in [-0.2, -0.15) is 0 Å². The monoisotopic (exact) mass is 260 g/mol. The zero-order chi connectivity index (χ0) is 13.3. The first kappa shape index (κ1) is 16.3. The maximum atomic E-state index is 11.6. The molecule has 0 radical (unpaired) electrons. The van der Waals surface area contributed by atoms with Crippen LogP contribution in [-0.2, 0) is 18.1 Å². The molecule has 0 aliphatic carbocycles. The van der Waals surface area contributed by atoms with Gasteiger partial charge in [0.1, 0.15) is 0 Å². The molecule has 0 spiro atoms. The van der Waals surface area contributed by atoms with E-state index in [1.165, 1.54) is 0 Å². The topological polar surface area (TPSA) is 44.8 Å². The van der Waals surface area contributed by atoms with E-state index in [0.29, 0.717) is 24.8 Å². The molecule has 0 aromatic heterocycles. The molecule has 0 fully saturated rings. The predicted octanol–water partition coefficient (Wildman–Crippen LogP) is 2.92. The molecule has 0 heterocycles. The number of rotatable bonds is 9. The van der Waals surface area contributed by atoms with Gasteiger partial charge < -0.3 is 13.3 Å². The number of carbonyl (C=O) groups is 1. The summed E-state index contributed by atoms with van der Waals surface area (Å²) < 4.78 is 16.7. The Hall–Kier alpha value is -0.653. The summed E-state index contributed by atoms with van der Waals surface area (Å²) in [7, 11) is -2.85. The molecule has 0 rings (SSSR count). The lowest BCUT2D eigenvalue weighted by Crippen LogP contribution is -2.47. The quantitative estimate of drug-likeness (QED) is 0.472. The van der Waals surface area contributed by atoms with E-state index in [-0.39, 0.29) is 0 Å². The molecule has 0 aromatic carbocycles. The lowest BCUT2D eigenvalue weighted by molar-refractivity contribution is -0.134. The van der Waals surface area contributed by atoms with Crippen molar-refractivity contribution in [2.45, 2.75) is 46.6 Å². The van der Waals surface area contributed by atoms with Gasteiger partial charge in [-0.05, 0) is 27.2 Å². The van der Waals surface area contributed by atoms with Crippen LogP contribution in [0.5, 0.6) is 0 Å². The molecule has 5 heteroatoms. The van der Waals surface area contributed by atoms with E-state index in [0.717, 1.165) is 12.8 Å². The second-order valence-corrected chi connectivity index (χ2v) is 6.47. The van der Waals surface area contributed by atoms with Crippen molar-refractivity contribution in [3.05, 3.63) is 12.2 Å². The van der Waals surface area contributed by atoms with Gasteiger partial charge in [0, 0.05) is 24.8 Å². The minimum absolute atomic E-state index is 0.373. The first-order valence-electron chi connectivity index (χ1n) is 6.18. The summed E-state index contributed by atoms with van der Waals surface area (Å²) in [6.07, 6.45) is 1.94. The first-order chi connectivity index (χ1) is 8.01. The molecule has 17 heavy (non-hydrogen) atoms. The summed E-state index contributed by atoms with van der Waals surface area (Å²) in [6, 6.07) is 0.671. The number of unbranched alkanes of at least 4 members (excludes halogenated alkanes) is 1. The molecule has 0 saturated carbocycles. The maximum Gasteiger partial charge on any atom is 0.568 e. The van der Waals surface area contributed by atoms with Crippen molar-refractivity contribution in [1.29, 1.82) is 0 Å². The van der Waals surface area contributed by atoms with Crippen LogP contribution in [0.4, 0.5) is 0 Å². The van der Waals surface area contributed by atoms with E-state index in [4.69, 9.17) is 13.3 Å². The highest BCUT2D eigenvalue weighted by Crippen LogP contribution is 2.20. The zero-order valence-corrected chi connectivity index (χ0v) is 12.4. The lowest BCUT2D eigenvalue weighted by atomic mass is 10.4. The fraction of sp³-hybridized carbons (Fsp3) is 0.750. The Morgan fingerprint density at radius 1 is 1.18 bits per heavy atom. The van der Waals surface area contributed by atoms with Crippen molar-refractivity contribution in [2.75, 3.05) is 13.2 Å². The van der Waals surface area contributed by atoms with Gasteiger partial charge in [-0.1, -0.05) is 19.9 Å². The number of carbonyl (C=O) groups excluding carboxylic acids is 1. The summed E-state index contributed by atoms with van der Waals surface area (Å²) in [4.78, 5) is 11.6. The van der Waals surface area contributed by atoms with Crippen molar-refractivity contribution < 1.29 is 18.1 Å². The zero-order valence-electron chi connectivity index (χ0n) is 11.4. The van der Waals surface area contributed by atoms with E-state index in [1.807, 2.05) is 13.8 Å². The molecule has 0 N–H and O–H groups in total. The van der Waals surface area contributed by atoms with Crippen LogP contribution >= 0.6 is 0 Å². The second kappa shape index (κ2) is 8.44. The van der Waals surface area contributed by atoms with Gasteiger partial charge in [-0.25, -0.2) is 4.79 Å². The van der Waals surface area contributed by atoms with Gasteiger partial charge in [-0.15, -0.1) is 0 Å². The van der Waals surface area contributed by atoms with E-state index in [9.17, 15) is 4.79 Å². The molecule has 0 amide bonds. The Balaban J connectivity index is 4.74. The summed E-state index contributed by atoms with van der Waals surface area (Å²) in [6.45, 7) is 12.0. The third-order valence-corrected chi connectivity index (χ3v) is 5.08. The Kier molecular flexibility index (Phi) is 8.12. The van der Waals surface area contributed by atoms with Gasteiger partial charge >= 0.3 is 14.8 Å². The van der Waals surface area contributed by atoms with Crippen LogP contribution in [0.3, 0.4) is 0 Å². The van der Waals surface area contributed by atoms with Crippen molar-refractivity contribution in [1.82, 2.24) is 0 Å². The molecular formula is C12H24O4Si. The Morgan fingerprint density at radius 3 is 2.06 bits per heavy atom. The summed E-state index contributed by atoms with van der Waals surface area (Å²) >= 11 is 0. The van der Waals surface area contributed by atoms with Crippen molar-refractivity contribution in [2.24, 2.45) is 0 Å². The Morgan fingerprint density at radius 2 is 1.71 bits per heavy atom. The van der Waals surface area contributed by atoms with Crippen LogP contribution in [0.15, 0.2) is 12.2 Å². The predicted molar refractivity (Wildman–Crippen MR) is 69.6 cm³/mol. The third-order valence-electron chi connectivity index (χ3n) is 2.16. The maximum absolute atomic E-state index is 11.6. The molecule has 0 unspecified atom stereocenters. The first-order valence-corrected chi connectivity index (χ1v) is 8.11. The SMILES string of the molecule is C=C(C)C(=O)O[Si](CCCC)(OCC)OCC. The highest BCUT2D eigenvalue weighted by Gasteiger charge is 2.44. The summed E-state index contributed by atoms with van der Waals surface area (Å²) in [5.74, 6) is -0.422. The highest BCUT2D eigenvalue weighted by atomic mass is 28.4. The van der Waals surface area contributed by atoms with E-state index in [2.05, 4.69) is 13.5 Å². The number of hydrogen-bond acceptors (Lipinski definition) is 4. The smallest absolute Gasteiger partial charge is 0.470 e. The minimum Gasteiger partial charge on any atom is -0.470 e. The van der Waals surface area contributed by atoms with Gasteiger partial charge in [0.15, 0.2) is 0 Å². The molecule has 0 atom stereocenters. The van der Waals surface area contributed by atoms with Crippen LogP contribution in [0.2, 0.25) is 6.04 Å². The van der Waals surface area contributed by atoms with Gasteiger partial charge in [-0.3, -0.25) is 0 Å². The molecule has 4 nitrogen and oxygen atoms in total. The highest BCUT2D eigenvalue weighted by molar-refractivity contribution is 6.62. The Bertz CT molecular complexity index is 247. The van der Waals surface area contributed by atoms with Gasteiger partial charge in [0.05, 0.1) is 0 Å². The molecule has 0 aliphatic heterocycles. The van der Waals surface area contributed by atoms with Crippen LogP contribution < -0.4 is 0 Å². The Labute approximate surface area is 105 Å². The lowest BCUT2D eigenvalue weighted by Gasteiger charge is -2.28. The van der Waals surface area contributed by atoms with Crippen LogP contribution in [0, 0.1) is 0 Å². The summed E-state index contributed by atoms with van der Waals surface area (Å²) in [5, 5.41) is 0. The van der Waals surface area contributed by atoms with Crippen LogP contribution in [0.25, 0.3) is 0 Å². The van der Waals surface area contributed by atoms with Crippen molar-refractivity contribution in [3.63, 3.8) is 0 Å². The third kappa shape index (κ3) is 6.00. The largest absolute Gasteiger partial charge is 0.568 e. The van der Waals surface area contributed by atoms with Crippen molar-refractivity contribution in [3.8, 4) is 0 Å². The minimum atomic E-state index is -2.85. The molecule has 0 aliphatic rings. The van der Waals surface area contributed by atoms with Crippen LogP contribution in [0.1, 0.15) is 40.5 Å². The van der Waals surface area contributed by atoms with Crippen LogP contribution in [-0.4, -0.2) is 28.0 Å². The fourth-order valence-corrected chi connectivity index (χ4v) is 4.07. The number of hydrogen-bond donors (Lipinski definition) is 0. The van der Waals surface area contributed by atoms with Gasteiger partial charge in [0.25, 0.3) is 0 Å². The standard InChI is InChI=1S/C12H24O4Si/c1-6-9-10-17(14-7-2,15-8-3)16-12(13)11(4)5/h4,6-10H2,1-3,5H3. The molecule has 0 saturated heterocycles.